The normalized spacial score (nSPS) is 15.5. The van der Waals surface area contributed by atoms with Gasteiger partial charge in [0.2, 0.25) is 5.91 Å². The zero-order valence-electron chi connectivity index (χ0n) is 7.69. The molecule has 2 rings (SSSR count). The highest BCUT2D eigenvalue weighted by Gasteiger charge is 2.18. The number of nitrogens with one attached hydrogen (secondary N) is 2. The summed E-state index contributed by atoms with van der Waals surface area (Å²) in [5.41, 5.74) is 2.99. The minimum absolute atomic E-state index is 0.184. The van der Waals surface area contributed by atoms with Crippen LogP contribution < -0.4 is 10.7 Å². The van der Waals surface area contributed by atoms with Crippen molar-refractivity contribution < 1.29 is 14.1 Å². The number of hydrogen-bond acceptors (Lipinski definition) is 5. The summed E-state index contributed by atoms with van der Waals surface area (Å²) >= 11 is 0. The van der Waals surface area contributed by atoms with Gasteiger partial charge in [-0.15, -0.1) is 0 Å². The summed E-state index contributed by atoms with van der Waals surface area (Å²) in [6.45, 7) is 0. The predicted octanol–water partition coefficient (Wildman–Crippen LogP) is -0.121. The van der Waals surface area contributed by atoms with Crippen LogP contribution in [0.1, 0.15) is 12.8 Å². The van der Waals surface area contributed by atoms with Gasteiger partial charge < -0.3 is 9.84 Å². The molecular formula is C8H8N4O3. The fourth-order valence-corrected chi connectivity index (χ4v) is 1.11. The number of anilines is 1. The molecule has 7 nitrogen and oxygen atoms in total. The van der Waals surface area contributed by atoms with Crippen molar-refractivity contribution in [2.75, 3.05) is 5.32 Å². The van der Waals surface area contributed by atoms with Gasteiger partial charge in [-0.05, 0) is 0 Å². The van der Waals surface area contributed by atoms with Crippen LogP contribution >= 0.6 is 0 Å². The topological polar surface area (TPSA) is 96.6 Å². The Morgan fingerprint density at radius 3 is 3.00 bits per heavy atom. The second kappa shape index (κ2) is 3.91. The molecule has 0 radical (unpaired) electrons. The largest absolute Gasteiger partial charge is 0.363 e. The van der Waals surface area contributed by atoms with E-state index in [0.717, 1.165) is 0 Å². The van der Waals surface area contributed by atoms with Gasteiger partial charge in [-0.3, -0.25) is 9.59 Å². The first-order chi connectivity index (χ1) is 7.25. The minimum atomic E-state index is -0.363. The highest BCUT2D eigenvalue weighted by molar-refractivity contribution is 6.43. The van der Waals surface area contributed by atoms with E-state index in [0.29, 0.717) is 12.1 Å². The Balaban J connectivity index is 2.00. The number of rotatable bonds is 2. The standard InChI is InChI=1S/C8H8N4O3/c13-7-2-1-6(11-12-7)8(14)10-5-3-9-15-4-5/h3-4H,1-2H2,(H,10,14)(H,12,13). The molecule has 0 atom stereocenters. The molecule has 0 aromatic carbocycles. The summed E-state index contributed by atoms with van der Waals surface area (Å²) in [5.74, 6) is -0.547. The van der Waals surface area contributed by atoms with E-state index < -0.39 is 0 Å². The average molecular weight is 208 g/mol. The quantitative estimate of drug-likeness (QED) is 0.708. The predicted molar refractivity (Wildman–Crippen MR) is 49.9 cm³/mol. The summed E-state index contributed by atoms with van der Waals surface area (Å²) in [5, 5.41) is 9.61. The first kappa shape index (κ1) is 9.38. The first-order valence-electron chi connectivity index (χ1n) is 4.32. The summed E-state index contributed by atoms with van der Waals surface area (Å²) in [7, 11) is 0. The van der Waals surface area contributed by atoms with Crippen LogP contribution in [0.5, 0.6) is 0 Å². The van der Waals surface area contributed by atoms with Gasteiger partial charge in [-0.25, -0.2) is 5.43 Å². The van der Waals surface area contributed by atoms with Crippen LogP contribution in [0.25, 0.3) is 0 Å². The monoisotopic (exact) mass is 208 g/mol. The van der Waals surface area contributed by atoms with Gasteiger partial charge in [0.05, 0.1) is 6.20 Å². The lowest BCUT2D eigenvalue weighted by Gasteiger charge is -2.10. The molecule has 7 heteroatoms. The molecule has 0 saturated carbocycles. The van der Waals surface area contributed by atoms with Crippen LogP contribution in [0.4, 0.5) is 5.69 Å². The summed E-state index contributed by atoms with van der Waals surface area (Å²) in [6, 6.07) is 0. The smallest absolute Gasteiger partial charge is 0.272 e. The van der Waals surface area contributed by atoms with Gasteiger partial charge in [0.25, 0.3) is 5.91 Å². The zero-order valence-corrected chi connectivity index (χ0v) is 7.69. The van der Waals surface area contributed by atoms with Crippen molar-refractivity contribution in [2.45, 2.75) is 12.8 Å². The van der Waals surface area contributed by atoms with Crippen molar-refractivity contribution in [1.82, 2.24) is 10.6 Å². The third-order valence-corrected chi connectivity index (χ3v) is 1.86. The fraction of sp³-hybridized carbons (Fsp3) is 0.250. The van der Waals surface area contributed by atoms with E-state index in [1.165, 1.54) is 12.5 Å². The van der Waals surface area contributed by atoms with E-state index in [1.807, 2.05) is 0 Å². The Morgan fingerprint density at radius 1 is 1.53 bits per heavy atom. The third kappa shape index (κ3) is 2.19. The lowest BCUT2D eigenvalue weighted by molar-refractivity contribution is -0.121. The maximum Gasteiger partial charge on any atom is 0.272 e. The van der Waals surface area contributed by atoms with Crippen LogP contribution in [0, 0.1) is 0 Å². The highest BCUT2D eigenvalue weighted by Crippen LogP contribution is 2.06. The van der Waals surface area contributed by atoms with Crippen molar-refractivity contribution in [3.05, 3.63) is 12.5 Å². The summed E-state index contributed by atoms with van der Waals surface area (Å²) in [6.07, 6.45) is 3.29. The number of carbonyl (C=O) groups excluding carboxylic acids is 2. The number of aromatic nitrogens is 1. The van der Waals surface area contributed by atoms with Crippen LogP contribution in [0.2, 0.25) is 0 Å². The SMILES string of the molecule is O=C1CCC(C(=O)Nc2cnoc2)=NN1. The Morgan fingerprint density at radius 2 is 2.40 bits per heavy atom. The molecule has 78 valence electrons. The maximum atomic E-state index is 11.5. The van der Waals surface area contributed by atoms with E-state index in [-0.39, 0.29) is 23.9 Å². The Bertz CT molecular complexity index is 410. The first-order valence-corrected chi connectivity index (χ1v) is 4.32. The molecule has 2 N–H and O–H groups in total. The molecule has 1 aromatic heterocycles. The van der Waals surface area contributed by atoms with E-state index in [9.17, 15) is 9.59 Å². The van der Waals surface area contributed by atoms with Gasteiger partial charge in [0, 0.05) is 12.8 Å². The Labute approximate surface area is 84.5 Å². The third-order valence-electron chi connectivity index (χ3n) is 1.86. The van der Waals surface area contributed by atoms with Crippen molar-refractivity contribution in [3.63, 3.8) is 0 Å². The molecule has 1 aliphatic heterocycles. The van der Waals surface area contributed by atoms with E-state index in [2.05, 4.69) is 25.5 Å². The Hall–Kier alpha value is -2.18. The van der Waals surface area contributed by atoms with Crippen LogP contribution in [0.3, 0.4) is 0 Å². The molecule has 2 amide bonds. The number of carbonyl (C=O) groups is 2. The van der Waals surface area contributed by atoms with Gasteiger partial charge >= 0.3 is 0 Å². The zero-order chi connectivity index (χ0) is 10.7. The Kier molecular flexibility index (Phi) is 2.44. The average Bonchev–Trinajstić information content (AvgIpc) is 2.71. The number of hydrogen-bond donors (Lipinski definition) is 2. The van der Waals surface area contributed by atoms with Crippen LogP contribution in [-0.4, -0.2) is 22.7 Å². The van der Waals surface area contributed by atoms with Crippen molar-refractivity contribution in [1.29, 1.82) is 0 Å². The molecule has 0 fully saturated rings. The minimum Gasteiger partial charge on any atom is -0.363 e. The lowest BCUT2D eigenvalue weighted by atomic mass is 10.1. The number of hydrazone groups is 1. The second-order valence-electron chi connectivity index (χ2n) is 2.96. The molecule has 1 aliphatic rings. The van der Waals surface area contributed by atoms with Gasteiger partial charge in [-0.1, -0.05) is 5.16 Å². The summed E-state index contributed by atoms with van der Waals surface area (Å²) < 4.78 is 4.55. The van der Waals surface area contributed by atoms with Gasteiger partial charge in [0.15, 0.2) is 0 Å². The molecule has 1 aromatic rings. The molecular weight excluding hydrogens is 200 g/mol. The van der Waals surface area contributed by atoms with Crippen LogP contribution in [-0.2, 0) is 9.59 Å². The molecule has 0 spiro atoms. The van der Waals surface area contributed by atoms with E-state index >= 15 is 0 Å². The maximum absolute atomic E-state index is 11.5. The fourth-order valence-electron chi connectivity index (χ4n) is 1.11. The highest BCUT2D eigenvalue weighted by atomic mass is 16.5. The van der Waals surface area contributed by atoms with Crippen molar-refractivity contribution >= 4 is 23.2 Å². The molecule has 0 aliphatic carbocycles. The molecule has 0 unspecified atom stereocenters. The van der Waals surface area contributed by atoms with Gasteiger partial charge in [0.1, 0.15) is 17.7 Å². The van der Waals surface area contributed by atoms with Crippen LogP contribution in [0.15, 0.2) is 22.1 Å². The van der Waals surface area contributed by atoms with Gasteiger partial charge in [-0.2, -0.15) is 5.10 Å². The molecule has 0 saturated heterocycles. The number of amides is 2. The molecule has 0 bridgehead atoms. The van der Waals surface area contributed by atoms with E-state index in [1.54, 1.807) is 0 Å². The molecule has 2 heterocycles. The van der Waals surface area contributed by atoms with E-state index in [4.69, 9.17) is 0 Å². The summed E-state index contributed by atoms with van der Waals surface area (Å²) in [4.78, 5) is 22.3. The molecule has 15 heavy (non-hydrogen) atoms. The van der Waals surface area contributed by atoms with Crippen molar-refractivity contribution in [3.8, 4) is 0 Å². The number of nitrogens with zero attached hydrogens (tertiary/aromatic N) is 2. The second-order valence-corrected chi connectivity index (χ2v) is 2.96. The lowest BCUT2D eigenvalue weighted by Crippen LogP contribution is -2.32. The van der Waals surface area contributed by atoms with Crippen molar-refractivity contribution in [2.24, 2.45) is 5.10 Å².